The number of esters is 1. The van der Waals surface area contributed by atoms with Crippen molar-refractivity contribution >= 4 is 11.8 Å². The number of aliphatic hydroxyl groups is 2. The van der Waals surface area contributed by atoms with Gasteiger partial charge >= 0.3 is 5.97 Å². The second-order valence-electron chi connectivity index (χ2n) is 8.99. The molecule has 0 unspecified atom stereocenters. The fourth-order valence-electron chi connectivity index (χ4n) is 4.85. The molecule has 0 saturated heterocycles. The first kappa shape index (κ1) is 23.1. The van der Waals surface area contributed by atoms with Crippen LogP contribution in [-0.4, -0.2) is 41.3 Å². The minimum atomic E-state index is -0.604. The summed E-state index contributed by atoms with van der Waals surface area (Å²) in [6.45, 7) is 2.16. The summed E-state index contributed by atoms with van der Waals surface area (Å²) in [5.41, 5.74) is 0.0120. The monoisotopic (exact) mass is 394 g/mol. The Balaban J connectivity index is 1.76. The van der Waals surface area contributed by atoms with Gasteiger partial charge in [0.25, 0.3) is 0 Å². The number of aliphatic hydroxyl groups excluding tert-OH is 2. The smallest absolute Gasteiger partial charge is 0.305 e. The molecule has 2 fully saturated rings. The number of carbonyl (C=O) groups excluding carboxylic acids is 2. The molecular weight excluding hydrogens is 356 g/mol. The average molecular weight is 395 g/mol. The summed E-state index contributed by atoms with van der Waals surface area (Å²) in [6.07, 6.45) is 13.2. The largest absolute Gasteiger partial charge is 0.469 e. The van der Waals surface area contributed by atoms with Crippen molar-refractivity contribution in [2.75, 3.05) is 7.11 Å². The lowest BCUT2D eigenvalue weighted by molar-refractivity contribution is -0.140. The number of Topliss-reactive ketones (excluding diaryl/α,β-unsaturated/α-hetero) is 1. The van der Waals surface area contributed by atoms with Crippen LogP contribution in [0.25, 0.3) is 0 Å². The lowest BCUT2D eigenvalue weighted by Crippen LogP contribution is -2.29. The molecule has 0 aromatic heterocycles. The molecule has 5 heteroatoms. The summed E-state index contributed by atoms with van der Waals surface area (Å²) < 4.78 is 4.63. The number of unbranched alkanes of at least 4 members (excludes halogenated alkanes) is 3. The fourth-order valence-corrected chi connectivity index (χ4v) is 4.85. The van der Waals surface area contributed by atoms with E-state index >= 15 is 0 Å². The van der Waals surface area contributed by atoms with Crippen LogP contribution in [0, 0.1) is 17.3 Å². The van der Waals surface area contributed by atoms with Gasteiger partial charge in [0.15, 0.2) is 0 Å². The molecule has 2 aliphatic carbocycles. The highest BCUT2D eigenvalue weighted by Gasteiger charge is 2.39. The second-order valence-corrected chi connectivity index (χ2v) is 8.99. The molecule has 2 aliphatic rings. The molecule has 0 radical (unpaired) electrons. The van der Waals surface area contributed by atoms with Crippen molar-refractivity contribution in [2.24, 2.45) is 17.3 Å². The van der Waals surface area contributed by atoms with Crippen molar-refractivity contribution in [3.63, 3.8) is 0 Å². The van der Waals surface area contributed by atoms with Crippen LogP contribution in [-0.2, 0) is 14.3 Å². The maximum Gasteiger partial charge on any atom is 0.305 e. The van der Waals surface area contributed by atoms with E-state index in [2.05, 4.69) is 11.7 Å². The van der Waals surface area contributed by atoms with Crippen LogP contribution < -0.4 is 0 Å². The van der Waals surface area contributed by atoms with Crippen LogP contribution in [0.15, 0.2) is 12.2 Å². The third-order valence-electron chi connectivity index (χ3n) is 6.87. The normalized spacial score (nSPS) is 28.1. The molecule has 0 aliphatic heterocycles. The van der Waals surface area contributed by atoms with Gasteiger partial charge in [-0.1, -0.05) is 51.2 Å². The predicted octanol–water partition coefficient (Wildman–Crippen LogP) is 3.95. The topological polar surface area (TPSA) is 83.8 Å². The molecule has 2 N–H and O–H groups in total. The lowest BCUT2D eigenvalue weighted by atomic mass is 9.80. The Morgan fingerprint density at radius 2 is 1.93 bits per heavy atom. The molecule has 0 aromatic rings. The summed E-state index contributed by atoms with van der Waals surface area (Å²) >= 11 is 0. The molecule has 0 aromatic carbocycles. The first-order valence-corrected chi connectivity index (χ1v) is 11.0. The Labute approximate surface area is 169 Å². The number of carbonyl (C=O) groups is 2. The summed E-state index contributed by atoms with van der Waals surface area (Å²) in [5, 5.41) is 20.8. The van der Waals surface area contributed by atoms with Crippen LogP contribution in [0.5, 0.6) is 0 Å². The maximum absolute atomic E-state index is 12.3. The third kappa shape index (κ3) is 6.41. The molecule has 4 atom stereocenters. The summed E-state index contributed by atoms with van der Waals surface area (Å²) in [7, 11) is 1.40. The highest BCUT2D eigenvalue weighted by molar-refractivity contribution is 5.84. The summed E-state index contributed by atoms with van der Waals surface area (Å²) in [5.74, 6) is -0.273. The SMILES string of the molecule is COC(=O)CCCCCC[C@H]1C(=O)C[C@@H](O)[C@@H]1C=CC[C@H](O)C1(C)CCCC1. The molecule has 5 nitrogen and oxygen atoms in total. The molecule has 2 saturated carbocycles. The van der Waals surface area contributed by atoms with Crippen LogP contribution >= 0.6 is 0 Å². The van der Waals surface area contributed by atoms with Gasteiger partial charge in [0.2, 0.25) is 0 Å². The van der Waals surface area contributed by atoms with Crippen molar-refractivity contribution in [3.8, 4) is 0 Å². The number of rotatable bonds is 11. The molecular formula is C23H38O5. The summed E-state index contributed by atoms with van der Waals surface area (Å²) in [4.78, 5) is 23.4. The van der Waals surface area contributed by atoms with Crippen molar-refractivity contribution in [3.05, 3.63) is 12.2 Å². The van der Waals surface area contributed by atoms with E-state index in [-0.39, 0.29) is 41.5 Å². The average Bonchev–Trinajstić information content (AvgIpc) is 3.22. The predicted molar refractivity (Wildman–Crippen MR) is 109 cm³/mol. The molecule has 2 rings (SSSR count). The number of hydrogen-bond acceptors (Lipinski definition) is 5. The van der Waals surface area contributed by atoms with E-state index < -0.39 is 6.10 Å². The molecule has 160 valence electrons. The zero-order chi connectivity index (χ0) is 20.6. The van der Waals surface area contributed by atoms with Crippen molar-refractivity contribution < 1.29 is 24.5 Å². The Morgan fingerprint density at radius 3 is 2.61 bits per heavy atom. The quantitative estimate of drug-likeness (QED) is 0.315. The zero-order valence-electron chi connectivity index (χ0n) is 17.6. The van der Waals surface area contributed by atoms with Crippen LogP contribution in [0.1, 0.15) is 84.0 Å². The summed E-state index contributed by atoms with van der Waals surface area (Å²) in [6, 6.07) is 0. The van der Waals surface area contributed by atoms with Gasteiger partial charge in [-0.15, -0.1) is 0 Å². The van der Waals surface area contributed by atoms with Crippen LogP contribution in [0.2, 0.25) is 0 Å². The van der Waals surface area contributed by atoms with Crippen molar-refractivity contribution in [1.29, 1.82) is 0 Å². The Bertz CT molecular complexity index is 535. The van der Waals surface area contributed by atoms with E-state index in [1.165, 1.54) is 20.0 Å². The Kier molecular flexibility index (Phi) is 9.16. The Hall–Kier alpha value is -1.20. The zero-order valence-corrected chi connectivity index (χ0v) is 17.6. The van der Waals surface area contributed by atoms with E-state index in [9.17, 15) is 19.8 Å². The third-order valence-corrected chi connectivity index (χ3v) is 6.87. The van der Waals surface area contributed by atoms with Gasteiger partial charge in [-0.3, -0.25) is 9.59 Å². The van der Waals surface area contributed by atoms with Gasteiger partial charge in [-0.25, -0.2) is 0 Å². The number of ether oxygens (including phenoxy) is 1. The molecule has 0 bridgehead atoms. The highest BCUT2D eigenvalue weighted by atomic mass is 16.5. The first-order valence-electron chi connectivity index (χ1n) is 11.0. The fraction of sp³-hybridized carbons (Fsp3) is 0.826. The van der Waals surface area contributed by atoms with E-state index in [4.69, 9.17) is 0 Å². The van der Waals surface area contributed by atoms with Crippen LogP contribution in [0.3, 0.4) is 0 Å². The van der Waals surface area contributed by atoms with Crippen LogP contribution in [0.4, 0.5) is 0 Å². The van der Waals surface area contributed by atoms with E-state index in [0.29, 0.717) is 12.8 Å². The highest BCUT2D eigenvalue weighted by Crippen LogP contribution is 2.42. The molecule has 0 spiro atoms. The van der Waals surface area contributed by atoms with Gasteiger partial charge in [0.1, 0.15) is 5.78 Å². The van der Waals surface area contributed by atoms with E-state index in [0.717, 1.165) is 44.9 Å². The van der Waals surface area contributed by atoms with Crippen molar-refractivity contribution in [1.82, 2.24) is 0 Å². The number of ketones is 1. The molecule has 28 heavy (non-hydrogen) atoms. The maximum atomic E-state index is 12.3. The second kappa shape index (κ2) is 11.1. The number of hydrogen-bond donors (Lipinski definition) is 2. The minimum Gasteiger partial charge on any atom is -0.469 e. The van der Waals surface area contributed by atoms with Gasteiger partial charge in [-0.05, 0) is 37.5 Å². The van der Waals surface area contributed by atoms with Gasteiger partial charge < -0.3 is 14.9 Å². The molecule has 0 amide bonds. The standard InChI is InChI=1S/C23H38O5/c1-23(14-7-8-15-23)21(26)12-9-11-18-17(19(24)16-20(18)25)10-5-3-4-6-13-22(27)28-2/h9,11,17-18,20-21,25-26H,3-8,10,12-16H2,1-2H3/t17-,18-,20-,21+/m1/s1. The van der Waals surface area contributed by atoms with Crippen molar-refractivity contribution in [2.45, 2.75) is 96.2 Å². The molecule has 0 heterocycles. The van der Waals surface area contributed by atoms with E-state index in [1.54, 1.807) is 0 Å². The number of methoxy groups -OCH3 is 1. The minimum absolute atomic E-state index is 0.0120. The van der Waals surface area contributed by atoms with E-state index in [1.807, 2.05) is 12.2 Å². The van der Waals surface area contributed by atoms with Gasteiger partial charge in [0, 0.05) is 24.7 Å². The van der Waals surface area contributed by atoms with Gasteiger partial charge in [-0.2, -0.15) is 0 Å². The first-order chi connectivity index (χ1) is 13.4. The lowest BCUT2D eigenvalue weighted by Gasteiger charge is -2.29. The van der Waals surface area contributed by atoms with Gasteiger partial charge in [0.05, 0.1) is 19.3 Å². The Morgan fingerprint density at radius 1 is 1.25 bits per heavy atom.